The molecule has 0 aliphatic heterocycles. The average molecular weight is 662 g/mol. The lowest BCUT2D eigenvalue weighted by Gasteiger charge is -2.45. The van der Waals surface area contributed by atoms with Gasteiger partial charge in [0.25, 0.3) is 0 Å². The van der Waals surface area contributed by atoms with Crippen molar-refractivity contribution in [2.24, 2.45) is 5.92 Å². The molecule has 9 heteroatoms. The van der Waals surface area contributed by atoms with E-state index in [4.69, 9.17) is 15.9 Å². The number of hydrogen-bond donors (Lipinski definition) is 2. The van der Waals surface area contributed by atoms with E-state index in [-0.39, 0.29) is 12.3 Å². The summed E-state index contributed by atoms with van der Waals surface area (Å²) < 4.78 is 11.2. The minimum absolute atomic E-state index is 0.0186. The molecule has 2 N–H and O–H groups in total. The molecule has 0 radical (unpaired) electrons. The summed E-state index contributed by atoms with van der Waals surface area (Å²) in [4.78, 5) is 57.5. The molecule has 0 saturated heterocycles. The summed E-state index contributed by atoms with van der Waals surface area (Å²) in [5.41, 5.74) is -0.548. The predicted molar refractivity (Wildman–Crippen MR) is 189 cm³/mol. The van der Waals surface area contributed by atoms with E-state index in [2.05, 4.69) is 16.6 Å². The van der Waals surface area contributed by atoms with Crippen molar-refractivity contribution in [2.45, 2.75) is 130 Å². The second-order valence-corrected chi connectivity index (χ2v) is 15.2. The van der Waals surface area contributed by atoms with Gasteiger partial charge in [0.1, 0.15) is 29.3 Å². The van der Waals surface area contributed by atoms with Crippen LogP contribution in [0.25, 0.3) is 0 Å². The lowest BCUT2D eigenvalue weighted by molar-refractivity contribution is -0.159. The highest BCUT2D eigenvalue weighted by Crippen LogP contribution is 2.33. The molecule has 2 rings (SSSR count). The highest BCUT2D eigenvalue weighted by atomic mass is 16.6. The van der Waals surface area contributed by atoms with Gasteiger partial charge >= 0.3 is 12.1 Å². The van der Waals surface area contributed by atoms with Crippen molar-refractivity contribution in [3.05, 3.63) is 71.3 Å². The molecule has 262 valence electrons. The van der Waals surface area contributed by atoms with E-state index in [1.807, 2.05) is 65.0 Å². The van der Waals surface area contributed by atoms with Crippen LogP contribution in [0, 0.1) is 18.3 Å². The molecule has 3 unspecified atom stereocenters. The van der Waals surface area contributed by atoms with E-state index in [1.165, 1.54) is 4.90 Å². The second-order valence-electron chi connectivity index (χ2n) is 15.2. The maximum absolute atomic E-state index is 14.8. The van der Waals surface area contributed by atoms with Gasteiger partial charge in [-0.1, -0.05) is 69.2 Å². The topological polar surface area (TPSA) is 114 Å². The van der Waals surface area contributed by atoms with Gasteiger partial charge in [0, 0.05) is 17.5 Å². The van der Waals surface area contributed by atoms with E-state index < -0.39 is 58.7 Å². The van der Waals surface area contributed by atoms with Crippen LogP contribution in [-0.2, 0) is 30.3 Å². The van der Waals surface area contributed by atoms with Crippen LogP contribution in [0.1, 0.15) is 112 Å². The number of esters is 1. The number of amides is 3. The second kappa shape index (κ2) is 16.7. The minimum Gasteiger partial charge on any atom is -0.458 e. The van der Waals surface area contributed by atoms with Gasteiger partial charge in [-0.05, 0) is 97.4 Å². The van der Waals surface area contributed by atoms with Crippen molar-refractivity contribution < 1.29 is 28.7 Å². The minimum atomic E-state index is -1.20. The zero-order valence-electron chi connectivity index (χ0n) is 30.6. The third-order valence-corrected chi connectivity index (χ3v) is 7.64. The van der Waals surface area contributed by atoms with Crippen molar-refractivity contribution in [1.82, 2.24) is 15.5 Å². The summed E-state index contributed by atoms with van der Waals surface area (Å²) in [5, 5.41) is 5.72. The Hall–Kier alpha value is -4.32. The van der Waals surface area contributed by atoms with Gasteiger partial charge in [0.2, 0.25) is 11.8 Å². The number of nitrogens with one attached hydrogen (secondary N) is 2. The van der Waals surface area contributed by atoms with E-state index in [1.54, 1.807) is 65.8 Å². The Labute approximate surface area is 287 Å². The molecule has 0 bridgehead atoms. The van der Waals surface area contributed by atoms with Crippen molar-refractivity contribution in [1.29, 1.82) is 0 Å². The summed E-state index contributed by atoms with van der Waals surface area (Å²) in [7, 11) is 0. The molecule has 0 heterocycles. The van der Waals surface area contributed by atoms with Gasteiger partial charge in [0.15, 0.2) is 0 Å². The van der Waals surface area contributed by atoms with Gasteiger partial charge in [-0.3, -0.25) is 9.59 Å². The average Bonchev–Trinajstić information content (AvgIpc) is 2.97. The summed E-state index contributed by atoms with van der Waals surface area (Å²) in [5.74, 6) is 0.971. The van der Waals surface area contributed by atoms with Gasteiger partial charge in [0.05, 0.1) is 0 Å². The SMILES string of the molecule is C#Cc1ccc(C(C(=O)NC(Cc2ccccc2)C(=O)OC(C)(C)C)N(C(=O)C(CC(C)C)NC(=O)OC(C)(C)C)C(C)(C)CC)cc1. The van der Waals surface area contributed by atoms with Gasteiger partial charge in [-0.2, -0.15) is 0 Å². The number of alkyl carbamates (subject to hydrolysis) is 1. The normalized spacial score (nSPS) is 13.8. The monoisotopic (exact) mass is 661 g/mol. The van der Waals surface area contributed by atoms with Gasteiger partial charge < -0.3 is 25.0 Å². The van der Waals surface area contributed by atoms with Crippen LogP contribution in [0.3, 0.4) is 0 Å². The lowest BCUT2D eigenvalue weighted by atomic mass is 9.90. The van der Waals surface area contributed by atoms with Crippen LogP contribution in [-0.4, -0.2) is 57.6 Å². The molecule has 3 amide bonds. The Morgan fingerprint density at radius 3 is 1.85 bits per heavy atom. The number of ether oxygens (including phenoxy) is 2. The van der Waals surface area contributed by atoms with Crippen LogP contribution >= 0.6 is 0 Å². The van der Waals surface area contributed by atoms with Crippen molar-refractivity contribution in [3.8, 4) is 12.3 Å². The van der Waals surface area contributed by atoms with Crippen LogP contribution < -0.4 is 10.6 Å². The number of hydrogen-bond acceptors (Lipinski definition) is 6. The third kappa shape index (κ3) is 12.4. The van der Waals surface area contributed by atoms with E-state index >= 15 is 0 Å². The quantitative estimate of drug-likeness (QED) is 0.182. The van der Waals surface area contributed by atoms with E-state index in [9.17, 15) is 19.2 Å². The molecule has 3 atom stereocenters. The Bertz CT molecular complexity index is 1430. The predicted octanol–water partition coefficient (Wildman–Crippen LogP) is 6.73. The van der Waals surface area contributed by atoms with Crippen molar-refractivity contribution in [2.75, 3.05) is 0 Å². The summed E-state index contributed by atoms with van der Waals surface area (Å²) in [6.07, 6.45) is 5.85. The standard InChI is InChI=1S/C39H55N3O6/c1-13-27-20-22-29(23-21-27)32(33(43)40-31(35(45)47-37(5,6)7)25-28-18-16-15-17-19-28)42(39(11,12)14-2)34(44)30(24-26(3)4)41-36(46)48-38(8,9)10/h1,15-23,26,30-32H,14,24-25H2,2-12H3,(H,40,43)(H,41,46). The fourth-order valence-corrected chi connectivity index (χ4v) is 5.10. The Kier molecular flexibility index (Phi) is 13.8. The molecule has 0 aromatic heterocycles. The molecular formula is C39H55N3O6. The van der Waals surface area contributed by atoms with Crippen molar-refractivity contribution in [3.63, 3.8) is 0 Å². The third-order valence-electron chi connectivity index (χ3n) is 7.64. The van der Waals surface area contributed by atoms with Crippen LogP contribution in [0.4, 0.5) is 4.79 Å². The van der Waals surface area contributed by atoms with Crippen LogP contribution in [0.15, 0.2) is 54.6 Å². The molecule has 0 aliphatic rings. The van der Waals surface area contributed by atoms with Crippen molar-refractivity contribution >= 4 is 23.9 Å². The first-order valence-corrected chi connectivity index (χ1v) is 16.6. The highest BCUT2D eigenvalue weighted by molar-refractivity contribution is 5.94. The molecule has 48 heavy (non-hydrogen) atoms. The molecule has 9 nitrogen and oxygen atoms in total. The number of benzene rings is 2. The number of terminal acetylenes is 1. The Morgan fingerprint density at radius 1 is 0.812 bits per heavy atom. The Morgan fingerprint density at radius 2 is 1.38 bits per heavy atom. The van der Waals surface area contributed by atoms with E-state index in [0.29, 0.717) is 24.0 Å². The van der Waals surface area contributed by atoms with Gasteiger partial charge in [-0.15, -0.1) is 6.42 Å². The van der Waals surface area contributed by atoms with E-state index in [0.717, 1.165) is 5.56 Å². The fourth-order valence-electron chi connectivity index (χ4n) is 5.10. The number of carbonyl (C=O) groups is 4. The summed E-state index contributed by atoms with van der Waals surface area (Å²) in [6, 6.07) is 12.9. The summed E-state index contributed by atoms with van der Waals surface area (Å²) in [6.45, 7) is 20.1. The Balaban J connectivity index is 2.73. The molecule has 0 saturated carbocycles. The highest BCUT2D eigenvalue weighted by Gasteiger charge is 2.44. The molecule has 0 fully saturated rings. The molecule has 0 spiro atoms. The molecular weight excluding hydrogens is 606 g/mol. The summed E-state index contributed by atoms with van der Waals surface area (Å²) >= 11 is 0. The maximum Gasteiger partial charge on any atom is 0.408 e. The first-order valence-electron chi connectivity index (χ1n) is 16.6. The largest absolute Gasteiger partial charge is 0.458 e. The molecule has 0 aliphatic carbocycles. The maximum atomic E-state index is 14.8. The molecule has 2 aromatic carbocycles. The fraction of sp³-hybridized carbons (Fsp3) is 0.538. The smallest absolute Gasteiger partial charge is 0.408 e. The zero-order valence-corrected chi connectivity index (χ0v) is 30.6. The zero-order chi connectivity index (χ0) is 36.4. The first-order chi connectivity index (χ1) is 22.2. The number of rotatable bonds is 13. The molecule has 2 aromatic rings. The van der Waals surface area contributed by atoms with Gasteiger partial charge in [-0.25, -0.2) is 9.59 Å². The first kappa shape index (κ1) is 39.9. The number of carbonyl (C=O) groups excluding carboxylic acids is 4. The lowest BCUT2D eigenvalue weighted by Crippen LogP contribution is -2.60. The number of nitrogens with zero attached hydrogens (tertiary/aromatic N) is 1. The van der Waals surface area contributed by atoms with Crippen LogP contribution in [0.5, 0.6) is 0 Å². The van der Waals surface area contributed by atoms with Crippen LogP contribution in [0.2, 0.25) is 0 Å².